The van der Waals surface area contributed by atoms with Gasteiger partial charge in [0.15, 0.2) is 11.5 Å². The predicted molar refractivity (Wildman–Crippen MR) is 124 cm³/mol. The molecular formula is C25H24N2O6. The van der Waals surface area contributed by atoms with Gasteiger partial charge in [-0.2, -0.15) is 5.10 Å². The van der Waals surface area contributed by atoms with Crippen LogP contribution in [0.4, 0.5) is 0 Å². The van der Waals surface area contributed by atoms with Crippen molar-refractivity contribution < 1.29 is 28.5 Å². The number of rotatable bonds is 9. The number of hydrazone groups is 1. The van der Waals surface area contributed by atoms with Gasteiger partial charge in [-0.1, -0.05) is 0 Å². The summed E-state index contributed by atoms with van der Waals surface area (Å²) in [5, 5.41) is 3.99. The van der Waals surface area contributed by atoms with Gasteiger partial charge in [0.1, 0.15) is 11.5 Å². The minimum atomic E-state index is -0.522. The molecule has 0 aromatic heterocycles. The van der Waals surface area contributed by atoms with Crippen molar-refractivity contribution in [3.8, 4) is 23.0 Å². The first-order chi connectivity index (χ1) is 16.0. The number of hydrogen-bond acceptors (Lipinski definition) is 7. The first kappa shape index (κ1) is 23.3. The number of carbonyl (C=O) groups excluding carboxylic acids is 2. The van der Waals surface area contributed by atoms with E-state index >= 15 is 0 Å². The molecule has 1 N–H and O–H groups in total. The van der Waals surface area contributed by atoms with E-state index in [0.29, 0.717) is 40.5 Å². The Morgan fingerprint density at radius 2 is 1.45 bits per heavy atom. The molecule has 0 fully saturated rings. The largest absolute Gasteiger partial charge is 0.497 e. The third-order valence-corrected chi connectivity index (χ3v) is 4.53. The highest BCUT2D eigenvalue weighted by atomic mass is 16.6. The Morgan fingerprint density at radius 1 is 0.848 bits per heavy atom. The number of nitrogens with one attached hydrogen (secondary N) is 1. The summed E-state index contributed by atoms with van der Waals surface area (Å²) < 4.78 is 21.3. The third kappa shape index (κ3) is 6.33. The molecule has 3 rings (SSSR count). The average Bonchev–Trinajstić information content (AvgIpc) is 2.85. The number of benzene rings is 3. The van der Waals surface area contributed by atoms with Crippen LogP contribution in [-0.2, 0) is 0 Å². The Labute approximate surface area is 191 Å². The van der Waals surface area contributed by atoms with Crippen LogP contribution in [0.25, 0.3) is 0 Å². The number of hydrogen-bond donors (Lipinski definition) is 1. The Hall–Kier alpha value is -4.33. The summed E-state index contributed by atoms with van der Waals surface area (Å²) in [5.41, 5.74) is 3.95. The summed E-state index contributed by atoms with van der Waals surface area (Å²) in [6.07, 6.45) is 1.47. The van der Waals surface area contributed by atoms with Gasteiger partial charge in [0.05, 0.1) is 32.6 Å². The maximum absolute atomic E-state index is 12.5. The summed E-state index contributed by atoms with van der Waals surface area (Å²) in [6.45, 7) is 2.20. The smallest absolute Gasteiger partial charge is 0.343 e. The number of carbonyl (C=O) groups is 2. The van der Waals surface area contributed by atoms with Gasteiger partial charge in [0, 0.05) is 5.56 Å². The molecule has 3 aromatic carbocycles. The SMILES string of the molecule is CCOc1cc(/C=N/NC(=O)c2ccc(OC)cc2)ccc1OC(=O)c1ccc(OC)cc1. The lowest BCUT2D eigenvalue weighted by molar-refractivity contribution is 0.0728. The first-order valence-electron chi connectivity index (χ1n) is 10.1. The lowest BCUT2D eigenvalue weighted by Crippen LogP contribution is -2.17. The van der Waals surface area contributed by atoms with E-state index in [4.69, 9.17) is 18.9 Å². The van der Waals surface area contributed by atoms with Crippen LogP contribution in [0.15, 0.2) is 71.8 Å². The summed E-state index contributed by atoms with van der Waals surface area (Å²) >= 11 is 0. The number of amides is 1. The lowest BCUT2D eigenvalue weighted by atomic mass is 10.2. The highest BCUT2D eigenvalue weighted by Crippen LogP contribution is 2.29. The fraction of sp³-hybridized carbons (Fsp3) is 0.160. The van der Waals surface area contributed by atoms with Gasteiger partial charge in [0.2, 0.25) is 0 Å². The summed E-state index contributed by atoms with van der Waals surface area (Å²) in [6, 6.07) is 18.2. The van der Waals surface area contributed by atoms with Gasteiger partial charge >= 0.3 is 5.97 Å². The molecule has 0 unspecified atom stereocenters. The third-order valence-electron chi connectivity index (χ3n) is 4.53. The van der Waals surface area contributed by atoms with Crippen LogP contribution < -0.4 is 24.4 Å². The molecule has 0 saturated heterocycles. The highest BCUT2D eigenvalue weighted by Gasteiger charge is 2.13. The molecular weight excluding hydrogens is 424 g/mol. The van der Waals surface area contributed by atoms with Crippen LogP contribution in [0.3, 0.4) is 0 Å². The summed E-state index contributed by atoms with van der Waals surface area (Å²) in [5.74, 6) is 1.08. The van der Waals surface area contributed by atoms with E-state index in [9.17, 15) is 9.59 Å². The molecule has 0 bridgehead atoms. The van der Waals surface area contributed by atoms with Gasteiger partial charge in [0.25, 0.3) is 5.91 Å². The van der Waals surface area contributed by atoms with E-state index in [0.717, 1.165) is 0 Å². The molecule has 3 aromatic rings. The van der Waals surface area contributed by atoms with E-state index in [1.165, 1.54) is 6.21 Å². The molecule has 8 heteroatoms. The Bertz CT molecular complexity index is 1120. The topological polar surface area (TPSA) is 95.5 Å². The van der Waals surface area contributed by atoms with E-state index in [2.05, 4.69) is 10.5 Å². The zero-order valence-corrected chi connectivity index (χ0v) is 18.5. The van der Waals surface area contributed by atoms with Gasteiger partial charge in [-0.05, 0) is 79.2 Å². The van der Waals surface area contributed by atoms with Gasteiger partial charge in [-0.15, -0.1) is 0 Å². The molecule has 170 valence electrons. The molecule has 1 amide bonds. The minimum absolute atomic E-state index is 0.275. The van der Waals surface area contributed by atoms with Crippen molar-refractivity contribution in [1.29, 1.82) is 0 Å². The molecule has 33 heavy (non-hydrogen) atoms. The highest BCUT2D eigenvalue weighted by molar-refractivity contribution is 5.95. The maximum Gasteiger partial charge on any atom is 0.343 e. The van der Waals surface area contributed by atoms with Crippen molar-refractivity contribution in [2.45, 2.75) is 6.92 Å². The quantitative estimate of drug-likeness (QED) is 0.229. The zero-order chi connectivity index (χ0) is 23.6. The Balaban J connectivity index is 1.67. The first-order valence-corrected chi connectivity index (χ1v) is 10.1. The number of methoxy groups -OCH3 is 2. The zero-order valence-electron chi connectivity index (χ0n) is 18.5. The standard InChI is InChI=1S/C25H24N2O6/c1-4-32-23-15-17(16-26-27-24(28)18-6-10-20(30-2)11-7-18)5-14-22(23)33-25(29)19-8-12-21(31-3)13-9-19/h5-16H,4H2,1-3H3,(H,27,28)/b26-16+. The predicted octanol–water partition coefficient (Wildman–Crippen LogP) is 4.09. The minimum Gasteiger partial charge on any atom is -0.497 e. The molecule has 0 aliphatic rings. The normalized spacial score (nSPS) is 10.5. The van der Waals surface area contributed by atoms with Crippen LogP contribution >= 0.6 is 0 Å². The number of esters is 1. The number of nitrogens with zero attached hydrogens (tertiary/aromatic N) is 1. The molecule has 0 radical (unpaired) electrons. The van der Waals surface area contributed by atoms with Crippen molar-refractivity contribution in [3.63, 3.8) is 0 Å². The van der Waals surface area contributed by atoms with Gasteiger partial charge in [-0.25, -0.2) is 10.2 Å². The second kappa shape index (κ2) is 11.3. The Kier molecular flexibility index (Phi) is 8.02. The molecule has 0 heterocycles. The van der Waals surface area contributed by atoms with Crippen LogP contribution in [0.1, 0.15) is 33.2 Å². The van der Waals surface area contributed by atoms with Gasteiger partial charge < -0.3 is 18.9 Å². The Morgan fingerprint density at radius 3 is 2.03 bits per heavy atom. The average molecular weight is 448 g/mol. The van der Waals surface area contributed by atoms with Gasteiger partial charge in [-0.3, -0.25) is 4.79 Å². The van der Waals surface area contributed by atoms with Crippen molar-refractivity contribution in [2.24, 2.45) is 5.10 Å². The molecule has 0 saturated carbocycles. The van der Waals surface area contributed by atoms with E-state index in [1.54, 1.807) is 80.9 Å². The molecule has 0 aliphatic carbocycles. The van der Waals surface area contributed by atoms with E-state index in [-0.39, 0.29) is 11.7 Å². The second-order valence-electron chi connectivity index (χ2n) is 6.68. The van der Waals surface area contributed by atoms with Crippen molar-refractivity contribution in [3.05, 3.63) is 83.4 Å². The lowest BCUT2D eigenvalue weighted by Gasteiger charge is -2.11. The molecule has 0 spiro atoms. The van der Waals surface area contributed by atoms with Crippen LogP contribution in [0.2, 0.25) is 0 Å². The van der Waals surface area contributed by atoms with Crippen LogP contribution in [0, 0.1) is 0 Å². The van der Waals surface area contributed by atoms with Crippen molar-refractivity contribution in [1.82, 2.24) is 5.43 Å². The molecule has 0 aliphatic heterocycles. The summed E-state index contributed by atoms with van der Waals surface area (Å²) in [7, 11) is 3.11. The fourth-order valence-electron chi connectivity index (χ4n) is 2.82. The number of ether oxygens (including phenoxy) is 4. The van der Waals surface area contributed by atoms with Crippen LogP contribution in [-0.4, -0.2) is 38.9 Å². The van der Waals surface area contributed by atoms with Crippen molar-refractivity contribution in [2.75, 3.05) is 20.8 Å². The molecule has 0 atom stereocenters. The fourth-order valence-corrected chi connectivity index (χ4v) is 2.82. The monoisotopic (exact) mass is 448 g/mol. The second-order valence-corrected chi connectivity index (χ2v) is 6.68. The maximum atomic E-state index is 12.5. The molecule has 8 nitrogen and oxygen atoms in total. The van der Waals surface area contributed by atoms with Crippen LogP contribution in [0.5, 0.6) is 23.0 Å². The van der Waals surface area contributed by atoms with Crippen molar-refractivity contribution >= 4 is 18.1 Å². The van der Waals surface area contributed by atoms with E-state index < -0.39 is 5.97 Å². The summed E-state index contributed by atoms with van der Waals surface area (Å²) in [4.78, 5) is 24.7. The van der Waals surface area contributed by atoms with E-state index in [1.807, 2.05) is 6.92 Å².